The van der Waals surface area contributed by atoms with Gasteiger partial charge in [0.2, 0.25) is 10.0 Å². The van der Waals surface area contributed by atoms with E-state index >= 15 is 0 Å². The normalized spacial score (nSPS) is 12.5. The Labute approximate surface area is 163 Å². The topological polar surface area (TPSA) is 102 Å². The standard InChI is InChI=1S/C19H21FN2O5S/c1-12(2)22-28(25,26)17-10-8-16(9-11-17)21-18(23)13(3)27-19(24)14-4-6-15(20)7-5-14/h4-13,22H,1-3H3,(H,21,23)/t13-/m1/s1. The summed E-state index contributed by atoms with van der Waals surface area (Å²) >= 11 is 0. The van der Waals surface area contributed by atoms with Gasteiger partial charge in [0.15, 0.2) is 6.10 Å². The van der Waals surface area contributed by atoms with E-state index in [1.165, 1.54) is 43.3 Å². The second-order valence-corrected chi connectivity index (χ2v) is 8.06. The van der Waals surface area contributed by atoms with Crippen molar-refractivity contribution in [1.82, 2.24) is 4.72 Å². The van der Waals surface area contributed by atoms with Crippen LogP contribution in [0.5, 0.6) is 0 Å². The van der Waals surface area contributed by atoms with E-state index in [1.54, 1.807) is 13.8 Å². The lowest BCUT2D eigenvalue weighted by molar-refractivity contribution is -0.123. The summed E-state index contributed by atoms with van der Waals surface area (Å²) in [6.07, 6.45) is -1.11. The van der Waals surface area contributed by atoms with Gasteiger partial charge in [-0.2, -0.15) is 0 Å². The Morgan fingerprint density at radius 3 is 2.07 bits per heavy atom. The van der Waals surface area contributed by atoms with Crippen molar-refractivity contribution in [2.75, 3.05) is 5.32 Å². The molecule has 28 heavy (non-hydrogen) atoms. The third kappa shape index (κ3) is 5.86. The Kier molecular flexibility index (Phi) is 6.87. The highest BCUT2D eigenvalue weighted by Crippen LogP contribution is 2.15. The van der Waals surface area contributed by atoms with E-state index in [9.17, 15) is 22.4 Å². The van der Waals surface area contributed by atoms with Gasteiger partial charge in [0.1, 0.15) is 5.82 Å². The predicted molar refractivity (Wildman–Crippen MR) is 102 cm³/mol. The molecule has 2 rings (SSSR count). The Balaban J connectivity index is 1.98. The van der Waals surface area contributed by atoms with Crippen molar-refractivity contribution in [3.05, 3.63) is 59.9 Å². The lowest BCUT2D eigenvalue weighted by atomic mass is 10.2. The summed E-state index contributed by atoms with van der Waals surface area (Å²) < 4.78 is 44.6. The molecule has 0 saturated carbocycles. The van der Waals surface area contributed by atoms with Crippen LogP contribution in [0.3, 0.4) is 0 Å². The molecule has 2 aromatic carbocycles. The second-order valence-electron chi connectivity index (χ2n) is 6.34. The first kappa shape index (κ1) is 21.5. The summed E-state index contributed by atoms with van der Waals surface area (Å²) in [7, 11) is -3.63. The molecular weight excluding hydrogens is 387 g/mol. The number of halogens is 1. The molecule has 0 bridgehead atoms. The van der Waals surface area contributed by atoms with Gasteiger partial charge in [-0.1, -0.05) is 0 Å². The first-order valence-electron chi connectivity index (χ1n) is 8.48. The van der Waals surface area contributed by atoms with Gasteiger partial charge in [0.05, 0.1) is 10.5 Å². The van der Waals surface area contributed by atoms with Crippen molar-refractivity contribution in [2.24, 2.45) is 0 Å². The Hall–Kier alpha value is -2.78. The zero-order valence-corrected chi connectivity index (χ0v) is 16.4. The molecular formula is C19H21FN2O5S. The van der Waals surface area contributed by atoms with Crippen LogP contribution in [-0.4, -0.2) is 32.4 Å². The molecule has 0 unspecified atom stereocenters. The maximum Gasteiger partial charge on any atom is 0.338 e. The molecule has 2 N–H and O–H groups in total. The van der Waals surface area contributed by atoms with Gasteiger partial charge in [-0.3, -0.25) is 4.79 Å². The number of carbonyl (C=O) groups excluding carboxylic acids is 2. The number of carbonyl (C=O) groups is 2. The maximum atomic E-state index is 12.9. The molecule has 0 aliphatic carbocycles. The van der Waals surface area contributed by atoms with Gasteiger partial charge in [0, 0.05) is 11.7 Å². The minimum atomic E-state index is -3.63. The van der Waals surface area contributed by atoms with Gasteiger partial charge in [0.25, 0.3) is 5.91 Å². The molecule has 150 valence electrons. The van der Waals surface area contributed by atoms with Crippen LogP contribution in [0.2, 0.25) is 0 Å². The molecule has 0 heterocycles. The van der Waals surface area contributed by atoms with E-state index in [4.69, 9.17) is 4.74 Å². The molecule has 1 amide bonds. The average molecular weight is 408 g/mol. The first-order valence-corrected chi connectivity index (χ1v) is 9.96. The fourth-order valence-electron chi connectivity index (χ4n) is 2.21. The smallest absolute Gasteiger partial charge is 0.338 e. The summed E-state index contributed by atoms with van der Waals surface area (Å²) in [5, 5.41) is 2.54. The Morgan fingerprint density at radius 2 is 1.54 bits per heavy atom. The molecule has 0 fully saturated rings. The van der Waals surface area contributed by atoms with Crippen molar-refractivity contribution in [3.63, 3.8) is 0 Å². The lowest BCUT2D eigenvalue weighted by Crippen LogP contribution is -2.30. The van der Waals surface area contributed by atoms with Crippen LogP contribution in [0, 0.1) is 5.82 Å². The number of hydrogen-bond donors (Lipinski definition) is 2. The van der Waals surface area contributed by atoms with E-state index in [0.717, 1.165) is 12.1 Å². The quantitative estimate of drug-likeness (QED) is 0.686. The summed E-state index contributed by atoms with van der Waals surface area (Å²) in [6, 6.07) is 10.1. The summed E-state index contributed by atoms with van der Waals surface area (Å²) in [5.41, 5.74) is 0.464. The van der Waals surface area contributed by atoms with Crippen molar-refractivity contribution in [2.45, 2.75) is 37.8 Å². The van der Waals surface area contributed by atoms with Crippen LogP contribution >= 0.6 is 0 Å². The summed E-state index contributed by atoms with van der Waals surface area (Å²) in [5.74, 6) is -1.84. The van der Waals surface area contributed by atoms with Crippen molar-refractivity contribution >= 4 is 27.6 Å². The van der Waals surface area contributed by atoms with Crippen molar-refractivity contribution in [3.8, 4) is 0 Å². The molecule has 0 saturated heterocycles. The van der Waals surface area contributed by atoms with E-state index in [1.807, 2.05) is 0 Å². The minimum absolute atomic E-state index is 0.0648. The molecule has 0 radical (unpaired) electrons. The fraction of sp³-hybridized carbons (Fsp3) is 0.263. The third-order valence-electron chi connectivity index (χ3n) is 3.56. The SMILES string of the molecule is CC(C)NS(=O)(=O)c1ccc(NC(=O)[C@@H](C)OC(=O)c2ccc(F)cc2)cc1. The van der Waals surface area contributed by atoms with Gasteiger partial charge in [-0.25, -0.2) is 22.3 Å². The van der Waals surface area contributed by atoms with Crippen molar-refractivity contribution < 1.29 is 27.1 Å². The summed E-state index contributed by atoms with van der Waals surface area (Å²) in [4.78, 5) is 24.2. The maximum absolute atomic E-state index is 12.9. The van der Waals surface area contributed by atoms with Gasteiger partial charge >= 0.3 is 5.97 Å². The van der Waals surface area contributed by atoms with Crippen LogP contribution in [-0.2, 0) is 19.6 Å². The van der Waals surface area contributed by atoms with E-state index in [-0.39, 0.29) is 16.5 Å². The zero-order chi connectivity index (χ0) is 20.9. The van der Waals surface area contributed by atoms with E-state index in [2.05, 4.69) is 10.0 Å². The number of ether oxygens (including phenoxy) is 1. The average Bonchev–Trinajstić information content (AvgIpc) is 2.61. The Morgan fingerprint density at radius 1 is 0.964 bits per heavy atom. The van der Waals surface area contributed by atoms with Crippen LogP contribution in [0.1, 0.15) is 31.1 Å². The van der Waals surface area contributed by atoms with Crippen LogP contribution in [0.25, 0.3) is 0 Å². The molecule has 2 aromatic rings. The molecule has 0 aromatic heterocycles. The largest absolute Gasteiger partial charge is 0.449 e. The van der Waals surface area contributed by atoms with Crippen LogP contribution < -0.4 is 10.0 Å². The molecule has 9 heteroatoms. The fourth-order valence-corrected chi connectivity index (χ4v) is 3.46. The van der Waals surface area contributed by atoms with Crippen LogP contribution in [0.15, 0.2) is 53.4 Å². The van der Waals surface area contributed by atoms with Gasteiger partial charge in [-0.05, 0) is 69.3 Å². The number of rotatable bonds is 7. The number of amides is 1. The van der Waals surface area contributed by atoms with E-state index < -0.39 is 33.8 Å². The molecule has 0 aliphatic heterocycles. The molecule has 0 spiro atoms. The van der Waals surface area contributed by atoms with Crippen LogP contribution in [0.4, 0.5) is 10.1 Å². The third-order valence-corrected chi connectivity index (χ3v) is 5.23. The van der Waals surface area contributed by atoms with Crippen molar-refractivity contribution in [1.29, 1.82) is 0 Å². The molecule has 1 atom stereocenters. The highest BCUT2D eigenvalue weighted by molar-refractivity contribution is 7.89. The number of esters is 1. The first-order chi connectivity index (χ1) is 13.1. The number of anilines is 1. The highest BCUT2D eigenvalue weighted by atomic mass is 32.2. The lowest BCUT2D eigenvalue weighted by Gasteiger charge is -2.14. The number of hydrogen-bond acceptors (Lipinski definition) is 5. The molecule has 0 aliphatic rings. The van der Waals surface area contributed by atoms with E-state index in [0.29, 0.717) is 5.69 Å². The highest BCUT2D eigenvalue weighted by Gasteiger charge is 2.20. The number of sulfonamides is 1. The molecule has 7 nitrogen and oxygen atoms in total. The van der Waals surface area contributed by atoms with Gasteiger partial charge < -0.3 is 10.1 Å². The number of nitrogens with one attached hydrogen (secondary N) is 2. The second kappa shape index (κ2) is 8.94. The number of benzene rings is 2. The minimum Gasteiger partial charge on any atom is -0.449 e. The van der Waals surface area contributed by atoms with Gasteiger partial charge in [-0.15, -0.1) is 0 Å². The predicted octanol–water partition coefficient (Wildman–Crippen LogP) is 2.70. The summed E-state index contributed by atoms with van der Waals surface area (Å²) in [6.45, 7) is 4.81. The zero-order valence-electron chi connectivity index (χ0n) is 15.6. The Bertz CT molecular complexity index is 941. The monoisotopic (exact) mass is 408 g/mol.